The molecule has 0 bridgehead atoms. The van der Waals surface area contributed by atoms with Crippen LogP contribution in [-0.4, -0.2) is 36.1 Å². The standard InChI is InChI=1S/C26H22BrN3O6S/c1-17-24(25(32)30(29(17)2)21-11-4-3-5-12-21)28-37(34,35)22-13-7-9-19(15-22)26(33)36-16-23(31)18-8-6-10-20(27)14-18/h3-15,28H,16H2,1-2H3. The molecular formula is C26H22BrN3O6S. The third kappa shape index (κ3) is 5.57. The minimum absolute atomic E-state index is 0.0589. The van der Waals surface area contributed by atoms with E-state index < -0.39 is 33.9 Å². The number of benzene rings is 3. The second-order valence-electron chi connectivity index (χ2n) is 8.08. The quantitative estimate of drug-likeness (QED) is 0.247. The fourth-order valence-electron chi connectivity index (χ4n) is 3.63. The van der Waals surface area contributed by atoms with Gasteiger partial charge < -0.3 is 4.74 Å². The number of para-hydroxylation sites is 1. The molecule has 1 aromatic heterocycles. The Morgan fingerprint density at radius 2 is 1.62 bits per heavy atom. The maximum Gasteiger partial charge on any atom is 0.338 e. The Hall–Kier alpha value is -3.96. The molecule has 0 atom stereocenters. The van der Waals surface area contributed by atoms with Crippen molar-refractivity contribution in [3.63, 3.8) is 0 Å². The van der Waals surface area contributed by atoms with Crippen LogP contribution in [0.2, 0.25) is 0 Å². The first kappa shape index (κ1) is 26.1. The van der Waals surface area contributed by atoms with E-state index in [1.807, 2.05) is 6.07 Å². The zero-order chi connectivity index (χ0) is 26.7. The second kappa shape index (κ2) is 10.6. The number of nitrogens with zero attached hydrogens (tertiary/aromatic N) is 2. The zero-order valence-corrected chi connectivity index (χ0v) is 22.2. The molecule has 4 rings (SSSR count). The van der Waals surface area contributed by atoms with Crippen molar-refractivity contribution >= 4 is 43.4 Å². The number of carbonyl (C=O) groups excluding carboxylic acids is 2. The lowest BCUT2D eigenvalue weighted by atomic mass is 10.1. The van der Waals surface area contributed by atoms with E-state index in [2.05, 4.69) is 20.7 Å². The maximum atomic E-state index is 13.1. The van der Waals surface area contributed by atoms with Crippen LogP contribution >= 0.6 is 15.9 Å². The summed E-state index contributed by atoms with van der Waals surface area (Å²) in [6.07, 6.45) is 0. The Bertz CT molecular complexity index is 1660. The summed E-state index contributed by atoms with van der Waals surface area (Å²) in [6, 6.07) is 20.6. The number of sulfonamides is 1. The minimum atomic E-state index is -4.24. The van der Waals surface area contributed by atoms with Gasteiger partial charge in [0.05, 0.1) is 21.8 Å². The Morgan fingerprint density at radius 1 is 0.946 bits per heavy atom. The van der Waals surface area contributed by atoms with E-state index in [1.165, 1.54) is 22.9 Å². The fraction of sp³-hybridized carbons (Fsp3) is 0.115. The van der Waals surface area contributed by atoms with Crippen LogP contribution in [0.5, 0.6) is 0 Å². The van der Waals surface area contributed by atoms with Crippen LogP contribution in [0.15, 0.2) is 93.0 Å². The summed E-state index contributed by atoms with van der Waals surface area (Å²) in [5, 5.41) is 0. The number of Topliss-reactive ketones (excluding diaryl/α,β-unsaturated/α-hetero) is 1. The van der Waals surface area contributed by atoms with Crippen LogP contribution in [0.25, 0.3) is 5.69 Å². The first-order valence-electron chi connectivity index (χ1n) is 11.0. The van der Waals surface area contributed by atoms with E-state index in [0.29, 0.717) is 21.4 Å². The number of rotatable bonds is 8. The van der Waals surface area contributed by atoms with Gasteiger partial charge in [0.15, 0.2) is 12.4 Å². The van der Waals surface area contributed by atoms with Crippen molar-refractivity contribution in [3.8, 4) is 5.69 Å². The number of esters is 1. The molecule has 11 heteroatoms. The molecule has 1 N–H and O–H groups in total. The molecule has 0 saturated heterocycles. The van der Waals surface area contributed by atoms with E-state index in [9.17, 15) is 22.8 Å². The van der Waals surface area contributed by atoms with Gasteiger partial charge in [-0.15, -0.1) is 0 Å². The average Bonchev–Trinajstić information content (AvgIpc) is 3.10. The molecule has 1 heterocycles. The number of hydrogen-bond acceptors (Lipinski definition) is 6. The van der Waals surface area contributed by atoms with Crippen molar-refractivity contribution in [3.05, 3.63) is 111 Å². The van der Waals surface area contributed by atoms with Crippen LogP contribution in [0, 0.1) is 6.92 Å². The average molecular weight is 584 g/mol. The number of anilines is 1. The van der Waals surface area contributed by atoms with Gasteiger partial charge in [-0.3, -0.25) is 19.0 Å². The van der Waals surface area contributed by atoms with Crippen molar-refractivity contribution in [2.45, 2.75) is 11.8 Å². The molecule has 0 saturated carbocycles. The van der Waals surface area contributed by atoms with Gasteiger partial charge in [0.2, 0.25) is 0 Å². The van der Waals surface area contributed by atoms with Crippen molar-refractivity contribution in [2.75, 3.05) is 11.3 Å². The number of carbonyl (C=O) groups is 2. The van der Waals surface area contributed by atoms with Crippen LogP contribution in [-0.2, 0) is 21.8 Å². The highest BCUT2D eigenvalue weighted by Gasteiger charge is 2.23. The van der Waals surface area contributed by atoms with Crippen molar-refractivity contribution in [2.24, 2.45) is 7.05 Å². The van der Waals surface area contributed by atoms with E-state index in [-0.39, 0.29) is 16.1 Å². The summed E-state index contributed by atoms with van der Waals surface area (Å²) in [7, 11) is -2.59. The summed E-state index contributed by atoms with van der Waals surface area (Å²) in [5.41, 5.74) is 0.624. The van der Waals surface area contributed by atoms with Gasteiger partial charge in [0.25, 0.3) is 15.6 Å². The second-order valence-corrected chi connectivity index (χ2v) is 10.7. The van der Waals surface area contributed by atoms with Gasteiger partial charge in [-0.25, -0.2) is 17.9 Å². The highest BCUT2D eigenvalue weighted by Crippen LogP contribution is 2.20. The number of hydrogen-bond donors (Lipinski definition) is 1. The number of aromatic nitrogens is 2. The monoisotopic (exact) mass is 583 g/mol. The SMILES string of the molecule is Cc1c(NS(=O)(=O)c2cccc(C(=O)OCC(=O)c3cccc(Br)c3)c2)c(=O)n(-c2ccccc2)n1C. The highest BCUT2D eigenvalue weighted by atomic mass is 79.9. The molecule has 37 heavy (non-hydrogen) atoms. The van der Waals surface area contributed by atoms with Crippen LogP contribution in [0.3, 0.4) is 0 Å². The molecule has 9 nitrogen and oxygen atoms in total. The summed E-state index contributed by atoms with van der Waals surface area (Å²) in [5.74, 6) is -1.27. The van der Waals surface area contributed by atoms with Crippen molar-refractivity contribution < 1.29 is 22.7 Å². The summed E-state index contributed by atoms with van der Waals surface area (Å²) < 4.78 is 37.3. The third-order valence-electron chi connectivity index (χ3n) is 5.65. The van der Waals surface area contributed by atoms with Crippen LogP contribution in [0.4, 0.5) is 5.69 Å². The Kier molecular flexibility index (Phi) is 7.46. The first-order valence-corrected chi connectivity index (χ1v) is 13.3. The van der Waals surface area contributed by atoms with E-state index in [0.717, 1.165) is 6.07 Å². The van der Waals surface area contributed by atoms with Gasteiger partial charge in [0.1, 0.15) is 5.69 Å². The summed E-state index contributed by atoms with van der Waals surface area (Å²) in [4.78, 5) is 37.7. The molecule has 0 spiro atoms. The molecule has 0 aliphatic heterocycles. The Balaban J connectivity index is 1.54. The predicted octanol–water partition coefficient (Wildman–Crippen LogP) is 4.09. The van der Waals surface area contributed by atoms with Gasteiger partial charge in [0, 0.05) is 17.1 Å². The van der Waals surface area contributed by atoms with Gasteiger partial charge >= 0.3 is 5.97 Å². The van der Waals surface area contributed by atoms with Gasteiger partial charge in [-0.2, -0.15) is 0 Å². The van der Waals surface area contributed by atoms with Crippen LogP contribution in [0.1, 0.15) is 26.4 Å². The normalized spacial score (nSPS) is 11.2. The Labute approximate surface area is 221 Å². The maximum absolute atomic E-state index is 13.1. The zero-order valence-electron chi connectivity index (χ0n) is 19.8. The largest absolute Gasteiger partial charge is 0.454 e. The number of ether oxygens (including phenoxy) is 1. The lowest BCUT2D eigenvalue weighted by Gasteiger charge is -2.09. The predicted molar refractivity (Wildman–Crippen MR) is 142 cm³/mol. The molecule has 0 fully saturated rings. The number of nitrogens with one attached hydrogen (secondary N) is 1. The molecule has 0 unspecified atom stereocenters. The molecule has 0 radical (unpaired) electrons. The molecular weight excluding hydrogens is 562 g/mol. The molecule has 4 aromatic rings. The lowest BCUT2D eigenvalue weighted by molar-refractivity contribution is 0.0474. The molecule has 0 amide bonds. The smallest absolute Gasteiger partial charge is 0.338 e. The lowest BCUT2D eigenvalue weighted by Crippen LogP contribution is -2.23. The fourth-order valence-corrected chi connectivity index (χ4v) is 5.19. The van der Waals surface area contributed by atoms with E-state index >= 15 is 0 Å². The molecule has 3 aromatic carbocycles. The van der Waals surface area contributed by atoms with E-state index in [1.54, 1.807) is 67.2 Å². The van der Waals surface area contributed by atoms with Crippen LogP contribution < -0.4 is 10.3 Å². The minimum Gasteiger partial charge on any atom is -0.454 e. The third-order valence-corrected chi connectivity index (χ3v) is 7.49. The van der Waals surface area contributed by atoms with Gasteiger partial charge in [-0.05, 0) is 49.4 Å². The number of ketones is 1. The molecule has 0 aliphatic carbocycles. The Morgan fingerprint density at radius 3 is 2.32 bits per heavy atom. The van der Waals surface area contributed by atoms with Gasteiger partial charge in [-0.1, -0.05) is 52.3 Å². The first-order chi connectivity index (χ1) is 17.6. The van der Waals surface area contributed by atoms with E-state index in [4.69, 9.17) is 4.74 Å². The van der Waals surface area contributed by atoms with Crippen molar-refractivity contribution in [1.29, 1.82) is 0 Å². The summed E-state index contributed by atoms with van der Waals surface area (Å²) in [6.45, 7) is 1.11. The topological polar surface area (TPSA) is 116 Å². The summed E-state index contributed by atoms with van der Waals surface area (Å²) >= 11 is 3.28. The highest BCUT2D eigenvalue weighted by molar-refractivity contribution is 9.10. The van der Waals surface area contributed by atoms with Crippen molar-refractivity contribution in [1.82, 2.24) is 9.36 Å². The molecule has 190 valence electrons. The molecule has 0 aliphatic rings. The number of halogens is 1.